The number of hydrogen-bond acceptors (Lipinski definition) is 1. The van der Waals surface area contributed by atoms with Crippen LogP contribution in [0.5, 0.6) is 0 Å². The molecule has 0 heterocycles. The highest BCUT2D eigenvalue weighted by molar-refractivity contribution is 5.85. The van der Waals surface area contributed by atoms with Gasteiger partial charge in [-0.1, -0.05) is 42.5 Å². The van der Waals surface area contributed by atoms with E-state index in [1.165, 1.54) is 10.8 Å². The molecule has 1 atom stereocenters. The van der Waals surface area contributed by atoms with Crippen molar-refractivity contribution in [2.24, 2.45) is 0 Å². The summed E-state index contributed by atoms with van der Waals surface area (Å²) < 4.78 is 13.4. The molecule has 0 bridgehead atoms. The minimum Gasteiger partial charge on any atom is -0.317 e. The molecule has 0 aliphatic carbocycles. The molecule has 0 aliphatic heterocycles. The van der Waals surface area contributed by atoms with Gasteiger partial charge in [0, 0.05) is 13.0 Å². The Hall–Kier alpha value is -1.12. The standard InChI is InChI=1S/C14H16FN.ClH/c1-16-10-14(15)9-11-6-7-12-4-2-3-5-13(12)8-11;/h2-8,14,16H,9-10H2,1H3;1H. The first-order valence-corrected chi connectivity index (χ1v) is 5.56. The van der Waals surface area contributed by atoms with Gasteiger partial charge in [-0.05, 0) is 23.4 Å². The lowest BCUT2D eigenvalue weighted by Gasteiger charge is -2.08. The minimum absolute atomic E-state index is 0. The SMILES string of the molecule is CNCC(F)Cc1ccc2ccccc2c1.Cl. The van der Waals surface area contributed by atoms with Crippen LogP contribution in [-0.4, -0.2) is 19.8 Å². The van der Waals surface area contributed by atoms with E-state index in [0.29, 0.717) is 13.0 Å². The molecule has 0 radical (unpaired) electrons. The molecule has 1 unspecified atom stereocenters. The summed E-state index contributed by atoms with van der Waals surface area (Å²) in [6, 6.07) is 14.3. The van der Waals surface area contributed by atoms with E-state index in [1.807, 2.05) is 18.2 Å². The maximum absolute atomic E-state index is 13.4. The number of fused-ring (bicyclic) bond motifs is 1. The van der Waals surface area contributed by atoms with Gasteiger partial charge in [-0.15, -0.1) is 12.4 Å². The van der Waals surface area contributed by atoms with E-state index in [9.17, 15) is 4.39 Å². The first-order chi connectivity index (χ1) is 7.79. The van der Waals surface area contributed by atoms with E-state index in [2.05, 4.69) is 29.6 Å². The third-order valence-corrected chi connectivity index (χ3v) is 2.70. The monoisotopic (exact) mass is 253 g/mol. The Balaban J connectivity index is 0.00000144. The Morgan fingerprint density at radius 1 is 1.12 bits per heavy atom. The molecule has 1 nitrogen and oxygen atoms in total. The molecule has 0 aromatic heterocycles. The number of rotatable bonds is 4. The van der Waals surface area contributed by atoms with Gasteiger partial charge in [0.15, 0.2) is 0 Å². The Labute approximate surface area is 107 Å². The van der Waals surface area contributed by atoms with Crippen LogP contribution in [-0.2, 0) is 6.42 Å². The number of hydrogen-bond donors (Lipinski definition) is 1. The fraction of sp³-hybridized carbons (Fsp3) is 0.286. The highest BCUT2D eigenvalue weighted by Gasteiger charge is 2.06. The second kappa shape index (κ2) is 6.58. The zero-order valence-electron chi connectivity index (χ0n) is 9.82. The average Bonchev–Trinajstić information content (AvgIpc) is 2.29. The molecular formula is C14H17ClFN. The van der Waals surface area contributed by atoms with Crippen LogP contribution in [0.3, 0.4) is 0 Å². The van der Waals surface area contributed by atoms with Crippen molar-refractivity contribution >= 4 is 23.2 Å². The molecule has 3 heteroatoms. The summed E-state index contributed by atoms with van der Waals surface area (Å²) in [6.45, 7) is 0.410. The Bertz CT molecular complexity index is 472. The van der Waals surface area contributed by atoms with E-state index in [-0.39, 0.29) is 12.4 Å². The Morgan fingerprint density at radius 2 is 1.82 bits per heavy atom. The van der Waals surface area contributed by atoms with E-state index in [1.54, 1.807) is 7.05 Å². The zero-order chi connectivity index (χ0) is 11.4. The van der Waals surface area contributed by atoms with Crippen molar-refractivity contribution in [3.05, 3.63) is 48.0 Å². The van der Waals surface area contributed by atoms with Crippen molar-refractivity contribution in [3.8, 4) is 0 Å². The number of nitrogens with one attached hydrogen (secondary N) is 1. The van der Waals surface area contributed by atoms with Gasteiger partial charge in [-0.2, -0.15) is 0 Å². The van der Waals surface area contributed by atoms with Crippen LogP contribution >= 0.6 is 12.4 Å². The van der Waals surface area contributed by atoms with Gasteiger partial charge >= 0.3 is 0 Å². The number of alkyl halides is 1. The Kier molecular flexibility index (Phi) is 5.39. The molecule has 17 heavy (non-hydrogen) atoms. The highest BCUT2D eigenvalue weighted by atomic mass is 35.5. The van der Waals surface area contributed by atoms with Crippen LogP contribution in [0.25, 0.3) is 10.8 Å². The largest absolute Gasteiger partial charge is 0.317 e. The van der Waals surface area contributed by atoms with Gasteiger partial charge in [-0.25, -0.2) is 4.39 Å². The van der Waals surface area contributed by atoms with E-state index >= 15 is 0 Å². The first kappa shape index (κ1) is 13.9. The molecule has 1 N–H and O–H groups in total. The van der Waals surface area contributed by atoms with Gasteiger partial charge < -0.3 is 5.32 Å². The van der Waals surface area contributed by atoms with Crippen molar-refractivity contribution in [1.29, 1.82) is 0 Å². The molecule has 2 aromatic rings. The second-order valence-corrected chi connectivity index (χ2v) is 4.04. The van der Waals surface area contributed by atoms with Gasteiger partial charge in [0.25, 0.3) is 0 Å². The topological polar surface area (TPSA) is 12.0 Å². The molecule has 0 saturated carbocycles. The third-order valence-electron chi connectivity index (χ3n) is 2.70. The van der Waals surface area contributed by atoms with Crippen molar-refractivity contribution < 1.29 is 4.39 Å². The van der Waals surface area contributed by atoms with Crippen LogP contribution in [0.1, 0.15) is 5.56 Å². The van der Waals surface area contributed by atoms with E-state index in [4.69, 9.17) is 0 Å². The summed E-state index contributed by atoms with van der Waals surface area (Å²) in [5.74, 6) is 0. The van der Waals surface area contributed by atoms with Crippen LogP contribution < -0.4 is 5.32 Å². The summed E-state index contributed by atoms with van der Waals surface area (Å²) in [4.78, 5) is 0. The van der Waals surface area contributed by atoms with Gasteiger partial charge in [0.2, 0.25) is 0 Å². The normalized spacial score (nSPS) is 12.1. The van der Waals surface area contributed by atoms with E-state index in [0.717, 1.165) is 5.56 Å². The maximum atomic E-state index is 13.4. The molecular weight excluding hydrogens is 237 g/mol. The fourth-order valence-electron chi connectivity index (χ4n) is 1.92. The predicted octanol–water partition coefficient (Wildman–Crippen LogP) is 3.36. The summed E-state index contributed by atoms with van der Waals surface area (Å²) in [6.07, 6.45) is -0.336. The predicted molar refractivity (Wildman–Crippen MR) is 73.7 cm³/mol. The molecule has 0 amide bonds. The van der Waals surface area contributed by atoms with Gasteiger partial charge in [0.1, 0.15) is 6.17 Å². The first-order valence-electron chi connectivity index (χ1n) is 5.56. The molecule has 92 valence electrons. The lowest BCUT2D eigenvalue weighted by molar-refractivity contribution is 0.324. The minimum atomic E-state index is -0.814. The quantitative estimate of drug-likeness (QED) is 0.881. The van der Waals surface area contributed by atoms with Gasteiger partial charge in [0.05, 0.1) is 0 Å². The molecule has 0 fully saturated rings. The van der Waals surface area contributed by atoms with Crippen molar-refractivity contribution in [2.75, 3.05) is 13.6 Å². The van der Waals surface area contributed by atoms with Crippen LogP contribution in [0.4, 0.5) is 4.39 Å². The van der Waals surface area contributed by atoms with Gasteiger partial charge in [-0.3, -0.25) is 0 Å². The molecule has 2 rings (SSSR count). The molecule has 0 spiro atoms. The van der Waals surface area contributed by atoms with Crippen LogP contribution in [0, 0.1) is 0 Å². The van der Waals surface area contributed by atoms with E-state index < -0.39 is 6.17 Å². The highest BCUT2D eigenvalue weighted by Crippen LogP contribution is 2.17. The third kappa shape index (κ3) is 3.69. The van der Waals surface area contributed by atoms with Crippen LogP contribution in [0.15, 0.2) is 42.5 Å². The summed E-state index contributed by atoms with van der Waals surface area (Å²) in [5, 5.41) is 5.23. The summed E-state index contributed by atoms with van der Waals surface area (Å²) >= 11 is 0. The summed E-state index contributed by atoms with van der Waals surface area (Å²) in [7, 11) is 1.77. The smallest absolute Gasteiger partial charge is 0.116 e. The average molecular weight is 254 g/mol. The number of benzene rings is 2. The van der Waals surface area contributed by atoms with Crippen molar-refractivity contribution in [2.45, 2.75) is 12.6 Å². The van der Waals surface area contributed by atoms with Crippen molar-refractivity contribution in [3.63, 3.8) is 0 Å². The molecule has 2 aromatic carbocycles. The summed E-state index contributed by atoms with van der Waals surface area (Å²) in [5.41, 5.74) is 1.06. The fourth-order valence-corrected chi connectivity index (χ4v) is 1.92. The molecule has 0 saturated heterocycles. The lowest BCUT2D eigenvalue weighted by atomic mass is 10.0. The molecule has 0 aliphatic rings. The lowest BCUT2D eigenvalue weighted by Crippen LogP contribution is -2.21. The second-order valence-electron chi connectivity index (χ2n) is 4.04. The number of halogens is 2. The zero-order valence-corrected chi connectivity index (χ0v) is 10.6. The van der Waals surface area contributed by atoms with Crippen LogP contribution in [0.2, 0.25) is 0 Å². The van der Waals surface area contributed by atoms with Crippen molar-refractivity contribution in [1.82, 2.24) is 5.32 Å². The maximum Gasteiger partial charge on any atom is 0.116 e. The Morgan fingerprint density at radius 3 is 2.53 bits per heavy atom.